The number of aryl methyl sites for hydroxylation is 1. The van der Waals surface area contributed by atoms with Gasteiger partial charge in [-0.15, -0.1) is 0 Å². The lowest BCUT2D eigenvalue weighted by molar-refractivity contribution is -0.146. The number of nitriles is 1. The molecule has 1 aromatic heterocycles. The highest BCUT2D eigenvalue weighted by molar-refractivity contribution is 6.07. The number of likely N-dealkylation sites (N-methyl/N-ethyl adjacent to an activating group) is 1. The number of hydrogen-bond acceptors (Lipinski definition) is 5. The molecule has 1 spiro atoms. The summed E-state index contributed by atoms with van der Waals surface area (Å²) in [5.41, 5.74) is 1.38. The van der Waals surface area contributed by atoms with Crippen molar-refractivity contribution in [2.45, 2.75) is 64.0 Å². The van der Waals surface area contributed by atoms with E-state index in [0.717, 1.165) is 16.8 Å². The van der Waals surface area contributed by atoms with Gasteiger partial charge in [0.2, 0.25) is 17.7 Å². The summed E-state index contributed by atoms with van der Waals surface area (Å²) in [6, 6.07) is 8.18. The highest BCUT2D eigenvalue weighted by Gasteiger charge is 2.56. The van der Waals surface area contributed by atoms with Crippen LogP contribution < -0.4 is 5.32 Å². The van der Waals surface area contributed by atoms with Crippen LogP contribution in [0.3, 0.4) is 0 Å². The Morgan fingerprint density at radius 3 is 2.57 bits per heavy atom. The Kier molecular flexibility index (Phi) is 7.13. The summed E-state index contributed by atoms with van der Waals surface area (Å²) < 4.78 is 1.67. The van der Waals surface area contributed by atoms with Gasteiger partial charge in [-0.25, -0.2) is 0 Å². The first-order valence-corrected chi connectivity index (χ1v) is 12.9. The number of amides is 3. The molecule has 37 heavy (non-hydrogen) atoms. The van der Waals surface area contributed by atoms with Gasteiger partial charge in [-0.3, -0.25) is 19.1 Å². The van der Waals surface area contributed by atoms with E-state index in [9.17, 15) is 19.6 Å². The average Bonchev–Trinajstić information content (AvgIpc) is 3.53. The standard InChI is InChI=1S/C28H36N6O3/c1-17(2)11-23(33(6)26(36)24(18(3)4)19-14-30-32(5)15-19)25(35)34-16-28(12-20(34)13-29)21-9-7-8-10-22(21)31-27(28)37/h7-10,14-15,17-18,20,23-24H,11-12,16H2,1-6H3,(H,31,37)/t20-,23-,24+,28-/m0/s1. The zero-order valence-corrected chi connectivity index (χ0v) is 22.4. The number of likely N-dealkylation sites (tertiary alicyclic amines) is 1. The van der Waals surface area contributed by atoms with E-state index in [2.05, 4.69) is 16.5 Å². The van der Waals surface area contributed by atoms with Crippen LogP contribution >= 0.6 is 0 Å². The maximum atomic E-state index is 14.1. The van der Waals surface area contributed by atoms with Crippen molar-refractivity contribution < 1.29 is 14.4 Å². The van der Waals surface area contributed by atoms with E-state index in [-0.39, 0.29) is 42.5 Å². The maximum absolute atomic E-state index is 14.1. The second-order valence-electron chi connectivity index (χ2n) is 11.2. The Labute approximate surface area is 218 Å². The number of carbonyl (C=O) groups excluding carboxylic acids is 3. The number of carbonyl (C=O) groups is 3. The smallest absolute Gasteiger partial charge is 0.246 e. The van der Waals surface area contributed by atoms with Crippen molar-refractivity contribution >= 4 is 23.4 Å². The summed E-state index contributed by atoms with van der Waals surface area (Å²) in [6.45, 7) is 8.09. The third kappa shape index (κ3) is 4.61. The van der Waals surface area contributed by atoms with Gasteiger partial charge in [-0.1, -0.05) is 45.9 Å². The quantitative estimate of drug-likeness (QED) is 0.623. The van der Waals surface area contributed by atoms with Crippen LogP contribution in [0.15, 0.2) is 36.7 Å². The van der Waals surface area contributed by atoms with E-state index >= 15 is 0 Å². The topological polar surface area (TPSA) is 111 Å². The third-order valence-corrected chi connectivity index (χ3v) is 7.73. The molecule has 1 fully saturated rings. The van der Waals surface area contributed by atoms with Crippen molar-refractivity contribution in [3.63, 3.8) is 0 Å². The van der Waals surface area contributed by atoms with Gasteiger partial charge in [0.15, 0.2) is 0 Å². The van der Waals surface area contributed by atoms with Gasteiger partial charge < -0.3 is 15.1 Å². The van der Waals surface area contributed by atoms with Crippen LogP contribution in [0.5, 0.6) is 0 Å². The molecule has 196 valence electrons. The van der Waals surface area contributed by atoms with Crippen LogP contribution in [0.4, 0.5) is 5.69 Å². The Hall–Kier alpha value is -3.67. The molecule has 2 aliphatic heterocycles. The van der Waals surface area contributed by atoms with Crippen LogP contribution in [0, 0.1) is 23.2 Å². The predicted molar refractivity (Wildman–Crippen MR) is 139 cm³/mol. The Morgan fingerprint density at radius 2 is 1.97 bits per heavy atom. The molecule has 2 aromatic rings. The maximum Gasteiger partial charge on any atom is 0.246 e. The lowest BCUT2D eigenvalue weighted by atomic mass is 9.80. The summed E-state index contributed by atoms with van der Waals surface area (Å²) in [7, 11) is 3.48. The first kappa shape index (κ1) is 26.4. The third-order valence-electron chi connectivity index (χ3n) is 7.73. The minimum Gasteiger partial charge on any atom is -0.333 e. The zero-order chi connectivity index (χ0) is 27.1. The number of benzene rings is 1. The van der Waals surface area contributed by atoms with Gasteiger partial charge in [-0.05, 0) is 29.9 Å². The fraction of sp³-hybridized carbons (Fsp3) is 0.536. The predicted octanol–water partition coefficient (Wildman–Crippen LogP) is 3.05. The molecule has 0 aliphatic carbocycles. The van der Waals surface area contributed by atoms with Crippen LogP contribution in [0.25, 0.3) is 0 Å². The summed E-state index contributed by atoms with van der Waals surface area (Å²) in [5.74, 6) is -0.967. The van der Waals surface area contributed by atoms with Gasteiger partial charge in [0.25, 0.3) is 0 Å². The van der Waals surface area contributed by atoms with Gasteiger partial charge in [-0.2, -0.15) is 10.4 Å². The summed E-state index contributed by atoms with van der Waals surface area (Å²) >= 11 is 0. The van der Waals surface area contributed by atoms with E-state index in [1.54, 1.807) is 22.8 Å². The molecule has 0 radical (unpaired) electrons. The molecule has 0 unspecified atom stereocenters. The van der Waals surface area contributed by atoms with Crippen molar-refractivity contribution in [1.29, 1.82) is 5.26 Å². The Morgan fingerprint density at radius 1 is 1.27 bits per heavy atom. The molecule has 1 N–H and O–H groups in total. The number of fused-ring (bicyclic) bond motifs is 2. The summed E-state index contributed by atoms with van der Waals surface area (Å²) in [4.78, 5) is 44.2. The molecular formula is C28H36N6O3. The number of nitrogens with zero attached hydrogens (tertiary/aromatic N) is 5. The van der Waals surface area contributed by atoms with E-state index < -0.39 is 23.4 Å². The van der Waals surface area contributed by atoms with E-state index in [1.807, 2.05) is 65.2 Å². The first-order valence-electron chi connectivity index (χ1n) is 12.9. The molecule has 9 nitrogen and oxygen atoms in total. The molecule has 0 bridgehead atoms. The highest BCUT2D eigenvalue weighted by atomic mass is 16.2. The van der Waals surface area contributed by atoms with Crippen molar-refractivity contribution in [3.05, 3.63) is 47.8 Å². The number of nitrogens with one attached hydrogen (secondary N) is 1. The van der Waals surface area contributed by atoms with Crippen molar-refractivity contribution in [3.8, 4) is 6.07 Å². The molecular weight excluding hydrogens is 468 g/mol. The fourth-order valence-electron chi connectivity index (χ4n) is 5.83. The molecule has 4 rings (SSSR count). The number of hydrogen-bond donors (Lipinski definition) is 1. The second kappa shape index (κ2) is 10.0. The molecule has 1 saturated heterocycles. The number of para-hydroxylation sites is 1. The molecule has 3 heterocycles. The van der Waals surface area contributed by atoms with Crippen molar-refractivity contribution in [2.24, 2.45) is 18.9 Å². The monoisotopic (exact) mass is 504 g/mol. The van der Waals surface area contributed by atoms with Gasteiger partial charge >= 0.3 is 0 Å². The van der Waals surface area contributed by atoms with Crippen LogP contribution in [0.2, 0.25) is 0 Å². The van der Waals surface area contributed by atoms with Crippen molar-refractivity contribution in [2.75, 3.05) is 18.9 Å². The highest BCUT2D eigenvalue weighted by Crippen LogP contribution is 2.46. The summed E-state index contributed by atoms with van der Waals surface area (Å²) in [6.07, 6.45) is 4.21. The molecule has 4 atom stereocenters. The molecule has 1 aromatic carbocycles. The summed E-state index contributed by atoms with van der Waals surface area (Å²) in [5, 5.41) is 17.2. The number of aromatic nitrogens is 2. The molecule has 9 heteroatoms. The number of rotatable bonds is 7. The van der Waals surface area contributed by atoms with E-state index in [0.29, 0.717) is 6.42 Å². The van der Waals surface area contributed by atoms with E-state index in [4.69, 9.17) is 0 Å². The Bertz CT molecular complexity index is 1240. The van der Waals surface area contributed by atoms with Crippen molar-refractivity contribution in [1.82, 2.24) is 19.6 Å². The SMILES string of the molecule is CC(C)C[C@@H](C(=O)N1C[C@]2(C[C@H]1C#N)C(=O)Nc1ccccc12)N(C)C(=O)[C@@H](c1cnn(C)c1)C(C)C. The van der Waals surface area contributed by atoms with Gasteiger partial charge in [0.1, 0.15) is 12.1 Å². The van der Waals surface area contributed by atoms with Gasteiger partial charge in [0, 0.05) is 44.5 Å². The first-order chi connectivity index (χ1) is 17.5. The van der Waals surface area contributed by atoms with Crippen LogP contribution in [-0.2, 0) is 26.8 Å². The van der Waals surface area contributed by atoms with Crippen LogP contribution in [0.1, 0.15) is 57.6 Å². The minimum atomic E-state index is -0.964. The lowest BCUT2D eigenvalue weighted by Gasteiger charge is -2.35. The normalized spacial score (nSPS) is 22.2. The van der Waals surface area contributed by atoms with E-state index in [1.165, 1.54) is 4.90 Å². The fourth-order valence-corrected chi connectivity index (χ4v) is 5.83. The second-order valence-corrected chi connectivity index (χ2v) is 11.2. The molecule has 3 amide bonds. The largest absolute Gasteiger partial charge is 0.333 e. The molecule has 2 aliphatic rings. The lowest BCUT2D eigenvalue weighted by Crippen LogP contribution is -2.53. The van der Waals surface area contributed by atoms with Crippen LogP contribution in [-0.4, -0.2) is 63.0 Å². The average molecular weight is 505 g/mol. The molecule has 0 saturated carbocycles. The minimum absolute atomic E-state index is 0.00505. The van der Waals surface area contributed by atoms with Gasteiger partial charge in [0.05, 0.1) is 23.6 Å². The number of anilines is 1. The zero-order valence-electron chi connectivity index (χ0n) is 22.4. The Balaban J connectivity index is 1.66.